The number of benzene rings is 1. The average Bonchev–Trinajstić information content (AvgIpc) is 2.86. The Kier molecular flexibility index (Phi) is 4.27. The molecule has 0 spiro atoms. The molecule has 1 heterocycles. The van der Waals surface area contributed by atoms with Gasteiger partial charge in [-0.25, -0.2) is 0 Å². The Morgan fingerprint density at radius 2 is 1.89 bits per heavy atom. The van der Waals surface area contributed by atoms with Crippen molar-refractivity contribution in [3.05, 3.63) is 30.1 Å². The highest BCUT2D eigenvalue weighted by atomic mass is 16.5. The van der Waals surface area contributed by atoms with Gasteiger partial charge in [-0.2, -0.15) is 4.98 Å². The van der Waals surface area contributed by atoms with Crippen LogP contribution in [-0.2, 0) is 6.42 Å². The fourth-order valence-electron chi connectivity index (χ4n) is 1.50. The Morgan fingerprint density at radius 3 is 2.56 bits per heavy atom. The second-order valence-corrected chi connectivity index (χ2v) is 3.72. The number of hydrogen-bond donors (Lipinski definition) is 3. The van der Waals surface area contributed by atoms with Crippen LogP contribution in [0.3, 0.4) is 0 Å². The van der Waals surface area contributed by atoms with E-state index in [9.17, 15) is 0 Å². The maximum absolute atomic E-state index is 8.77. The smallest absolute Gasteiger partial charge is 0.257 e. The first kappa shape index (κ1) is 12.5. The van der Waals surface area contributed by atoms with Crippen molar-refractivity contribution in [2.75, 3.05) is 25.1 Å². The Morgan fingerprint density at radius 1 is 1.11 bits per heavy atom. The van der Waals surface area contributed by atoms with Gasteiger partial charge in [-0.3, -0.25) is 0 Å². The van der Waals surface area contributed by atoms with Crippen molar-refractivity contribution >= 4 is 5.69 Å². The van der Waals surface area contributed by atoms with Gasteiger partial charge in [0.1, 0.15) is 0 Å². The molecule has 0 bridgehead atoms. The van der Waals surface area contributed by atoms with Crippen LogP contribution in [0.15, 0.2) is 28.8 Å². The second kappa shape index (κ2) is 6.13. The van der Waals surface area contributed by atoms with Crippen molar-refractivity contribution in [2.24, 2.45) is 0 Å². The van der Waals surface area contributed by atoms with Crippen LogP contribution >= 0.6 is 0 Å². The lowest BCUT2D eigenvalue weighted by atomic mass is 10.2. The van der Waals surface area contributed by atoms with Gasteiger partial charge in [0, 0.05) is 24.2 Å². The Hall–Kier alpha value is -1.92. The fourth-order valence-corrected chi connectivity index (χ4v) is 1.50. The molecule has 1 aromatic carbocycles. The summed E-state index contributed by atoms with van der Waals surface area (Å²) in [5.41, 5.74) is 1.74. The number of aliphatic hydroxyl groups excluding tert-OH is 2. The van der Waals surface area contributed by atoms with Gasteiger partial charge in [-0.1, -0.05) is 5.16 Å². The molecule has 3 N–H and O–H groups in total. The summed E-state index contributed by atoms with van der Waals surface area (Å²) in [6, 6.07) is 7.47. The number of anilines is 1. The van der Waals surface area contributed by atoms with Gasteiger partial charge < -0.3 is 20.1 Å². The molecule has 6 nitrogen and oxygen atoms in total. The molecule has 96 valence electrons. The van der Waals surface area contributed by atoms with Crippen LogP contribution in [0.4, 0.5) is 5.69 Å². The average molecular weight is 249 g/mol. The lowest BCUT2D eigenvalue weighted by Gasteiger charge is -2.03. The zero-order chi connectivity index (χ0) is 12.8. The van der Waals surface area contributed by atoms with Crippen molar-refractivity contribution in [1.29, 1.82) is 0 Å². The normalized spacial score (nSPS) is 10.6. The van der Waals surface area contributed by atoms with E-state index in [0.29, 0.717) is 24.7 Å². The molecular weight excluding hydrogens is 234 g/mol. The first-order chi connectivity index (χ1) is 8.83. The number of nitrogens with zero attached hydrogens (tertiary/aromatic N) is 2. The largest absolute Gasteiger partial charge is 0.396 e. The van der Waals surface area contributed by atoms with Gasteiger partial charge in [0.2, 0.25) is 0 Å². The molecular formula is C12H15N3O3. The van der Waals surface area contributed by atoms with Crippen LogP contribution in [0.1, 0.15) is 5.82 Å². The van der Waals surface area contributed by atoms with E-state index in [0.717, 1.165) is 11.3 Å². The summed E-state index contributed by atoms with van der Waals surface area (Å²) in [5.74, 6) is 0.933. The van der Waals surface area contributed by atoms with E-state index in [4.69, 9.17) is 14.7 Å². The van der Waals surface area contributed by atoms with Crippen LogP contribution in [0.25, 0.3) is 11.5 Å². The lowest BCUT2D eigenvalue weighted by Crippen LogP contribution is -2.04. The van der Waals surface area contributed by atoms with Crippen molar-refractivity contribution < 1.29 is 14.7 Å². The third-order valence-corrected chi connectivity index (χ3v) is 2.38. The van der Waals surface area contributed by atoms with Crippen molar-refractivity contribution in [3.63, 3.8) is 0 Å². The lowest BCUT2D eigenvalue weighted by molar-refractivity contribution is 0.293. The van der Waals surface area contributed by atoms with E-state index in [1.807, 2.05) is 24.3 Å². The highest BCUT2D eigenvalue weighted by Crippen LogP contribution is 2.19. The van der Waals surface area contributed by atoms with E-state index >= 15 is 0 Å². The highest BCUT2D eigenvalue weighted by molar-refractivity contribution is 5.58. The minimum Gasteiger partial charge on any atom is -0.396 e. The van der Waals surface area contributed by atoms with Crippen LogP contribution in [0.5, 0.6) is 0 Å². The van der Waals surface area contributed by atoms with E-state index in [-0.39, 0.29) is 13.2 Å². The summed E-state index contributed by atoms with van der Waals surface area (Å²) in [6.45, 7) is 0.611. The fraction of sp³-hybridized carbons (Fsp3) is 0.333. The summed E-state index contributed by atoms with van der Waals surface area (Å²) in [6.07, 6.45) is 0.389. The van der Waals surface area contributed by atoms with Crippen LogP contribution in [0, 0.1) is 0 Å². The SMILES string of the molecule is OCCNc1ccc(-c2nc(CCO)no2)cc1. The monoisotopic (exact) mass is 249 g/mol. The maximum Gasteiger partial charge on any atom is 0.257 e. The molecule has 2 rings (SSSR count). The molecule has 2 aromatic rings. The van der Waals surface area contributed by atoms with Crippen LogP contribution in [-0.4, -0.2) is 40.1 Å². The summed E-state index contributed by atoms with van der Waals surface area (Å²) in [7, 11) is 0. The quantitative estimate of drug-likeness (QED) is 0.697. The zero-order valence-corrected chi connectivity index (χ0v) is 9.83. The highest BCUT2D eigenvalue weighted by Gasteiger charge is 2.07. The first-order valence-corrected chi connectivity index (χ1v) is 5.72. The predicted molar refractivity (Wildman–Crippen MR) is 66.1 cm³/mol. The zero-order valence-electron chi connectivity index (χ0n) is 9.83. The molecule has 0 aliphatic rings. The van der Waals surface area contributed by atoms with Crippen LogP contribution in [0.2, 0.25) is 0 Å². The minimum atomic E-state index is 0.00297. The summed E-state index contributed by atoms with van der Waals surface area (Å²) < 4.78 is 5.09. The van der Waals surface area contributed by atoms with E-state index < -0.39 is 0 Å². The van der Waals surface area contributed by atoms with Crippen LogP contribution < -0.4 is 5.32 Å². The first-order valence-electron chi connectivity index (χ1n) is 5.72. The molecule has 0 aliphatic heterocycles. The van der Waals surface area contributed by atoms with E-state index in [1.54, 1.807) is 0 Å². The van der Waals surface area contributed by atoms with Crippen molar-refractivity contribution in [1.82, 2.24) is 10.1 Å². The van der Waals surface area contributed by atoms with Crippen molar-refractivity contribution in [3.8, 4) is 11.5 Å². The van der Waals surface area contributed by atoms with Gasteiger partial charge in [0.25, 0.3) is 5.89 Å². The molecule has 0 unspecified atom stereocenters. The molecule has 6 heteroatoms. The van der Waals surface area contributed by atoms with Gasteiger partial charge >= 0.3 is 0 Å². The molecule has 0 saturated heterocycles. The Balaban J connectivity index is 2.07. The van der Waals surface area contributed by atoms with Crippen molar-refractivity contribution in [2.45, 2.75) is 6.42 Å². The molecule has 0 atom stereocenters. The minimum absolute atomic E-state index is 0.00297. The van der Waals surface area contributed by atoms with Gasteiger partial charge in [-0.05, 0) is 24.3 Å². The number of hydrogen-bond acceptors (Lipinski definition) is 6. The van der Waals surface area contributed by atoms with E-state index in [1.165, 1.54) is 0 Å². The molecule has 18 heavy (non-hydrogen) atoms. The number of aliphatic hydroxyl groups is 2. The molecule has 1 aromatic heterocycles. The Labute approximate surface area is 104 Å². The third kappa shape index (κ3) is 3.06. The molecule has 0 fully saturated rings. The Bertz CT molecular complexity index is 482. The maximum atomic E-state index is 8.77. The summed E-state index contributed by atoms with van der Waals surface area (Å²) in [5, 5.41) is 24.3. The standard InChI is InChI=1S/C12H15N3O3/c16-7-5-11-14-12(18-15-11)9-1-3-10(4-2-9)13-6-8-17/h1-4,13,16-17H,5-8H2. The second-order valence-electron chi connectivity index (χ2n) is 3.72. The summed E-state index contributed by atoms with van der Waals surface area (Å²) >= 11 is 0. The molecule has 0 amide bonds. The molecule has 0 radical (unpaired) electrons. The number of nitrogens with one attached hydrogen (secondary N) is 1. The third-order valence-electron chi connectivity index (χ3n) is 2.38. The van der Waals surface area contributed by atoms with Gasteiger partial charge in [-0.15, -0.1) is 0 Å². The number of rotatable bonds is 6. The van der Waals surface area contributed by atoms with E-state index in [2.05, 4.69) is 15.5 Å². The number of aromatic nitrogens is 2. The van der Waals surface area contributed by atoms with Gasteiger partial charge in [0.15, 0.2) is 5.82 Å². The predicted octanol–water partition coefficient (Wildman–Crippen LogP) is 0.676. The topological polar surface area (TPSA) is 91.4 Å². The molecule has 0 aliphatic carbocycles. The van der Waals surface area contributed by atoms with Gasteiger partial charge in [0.05, 0.1) is 13.2 Å². The molecule has 0 saturated carbocycles. The summed E-state index contributed by atoms with van der Waals surface area (Å²) in [4.78, 5) is 4.16.